The van der Waals surface area contributed by atoms with Gasteiger partial charge in [0.1, 0.15) is 5.82 Å². The molecule has 0 bridgehead atoms. The number of carbonyl (C=O) groups is 1. The first-order chi connectivity index (χ1) is 6.70. The van der Waals surface area contributed by atoms with Gasteiger partial charge in [-0.1, -0.05) is 18.2 Å². The van der Waals surface area contributed by atoms with E-state index in [-0.39, 0.29) is 12.4 Å². The Morgan fingerprint density at radius 3 is 2.57 bits per heavy atom. The van der Waals surface area contributed by atoms with E-state index < -0.39 is 6.03 Å². The summed E-state index contributed by atoms with van der Waals surface area (Å²) in [5.41, 5.74) is 5.24. The Labute approximate surface area is 81.5 Å². The highest BCUT2D eigenvalue weighted by molar-refractivity contribution is 5.71. The number of aliphatic hydroxyl groups is 1. The van der Waals surface area contributed by atoms with Gasteiger partial charge in [-0.3, -0.25) is 0 Å². The van der Waals surface area contributed by atoms with Crippen LogP contribution in [0.5, 0.6) is 0 Å². The predicted octanol–water partition coefficient (Wildman–Crippen LogP) is 0.602. The maximum absolute atomic E-state index is 12.8. The molecule has 2 amide bonds. The van der Waals surface area contributed by atoms with Crippen LogP contribution in [0.1, 0.15) is 5.56 Å². The molecule has 0 atom stereocenters. The van der Waals surface area contributed by atoms with Crippen LogP contribution in [-0.2, 0) is 6.54 Å². The molecule has 0 radical (unpaired) electrons. The molecule has 0 aromatic heterocycles. The van der Waals surface area contributed by atoms with Gasteiger partial charge in [0.15, 0.2) is 0 Å². The van der Waals surface area contributed by atoms with Gasteiger partial charge in [-0.25, -0.2) is 9.18 Å². The lowest BCUT2D eigenvalue weighted by molar-refractivity contribution is 0.248. The molecule has 4 nitrogen and oxygen atoms in total. The Morgan fingerprint density at radius 2 is 2.07 bits per heavy atom. The van der Waals surface area contributed by atoms with Crippen LogP contribution < -0.4 is 11.1 Å². The predicted molar refractivity (Wildman–Crippen MR) is 51.0 cm³/mol. The van der Waals surface area contributed by atoms with Gasteiger partial charge in [0, 0.05) is 19.2 Å². The van der Waals surface area contributed by atoms with Crippen molar-refractivity contribution in [1.29, 1.82) is 0 Å². The Kier molecular flexibility index (Phi) is 6.06. The van der Waals surface area contributed by atoms with Crippen LogP contribution in [-0.4, -0.2) is 18.2 Å². The second-order valence-corrected chi connectivity index (χ2v) is 2.31. The number of nitrogens with two attached hydrogens (primary N) is 1. The van der Waals surface area contributed by atoms with Gasteiger partial charge in [-0.15, -0.1) is 0 Å². The second-order valence-electron chi connectivity index (χ2n) is 2.31. The van der Waals surface area contributed by atoms with Crippen molar-refractivity contribution in [2.75, 3.05) is 7.11 Å². The summed E-state index contributed by atoms with van der Waals surface area (Å²) in [4.78, 5) is 10.3. The minimum atomic E-state index is -0.654. The fourth-order valence-electron chi connectivity index (χ4n) is 0.824. The number of primary amides is 1. The van der Waals surface area contributed by atoms with E-state index in [1.54, 1.807) is 18.2 Å². The first-order valence-electron chi connectivity index (χ1n) is 3.91. The standard InChI is InChI=1S/C8H9FN2O.CH4O/c9-7-4-2-1-3-6(7)5-11-8(10)12;1-2/h1-4H,5H2,(H3,10,11,12);2H,1H3. The molecule has 0 spiro atoms. The number of amides is 2. The Bertz CT molecular complexity index is 292. The minimum absolute atomic E-state index is 0.127. The van der Waals surface area contributed by atoms with Gasteiger partial charge >= 0.3 is 6.03 Å². The SMILES string of the molecule is CO.NC(=O)NCc1ccccc1F. The van der Waals surface area contributed by atoms with Crippen LogP contribution in [0.2, 0.25) is 0 Å². The molecule has 0 aliphatic rings. The molecule has 1 aromatic rings. The molecule has 0 saturated heterocycles. The lowest BCUT2D eigenvalue weighted by atomic mass is 10.2. The first-order valence-corrected chi connectivity index (χ1v) is 3.91. The number of hydrogen-bond donors (Lipinski definition) is 3. The lowest BCUT2D eigenvalue weighted by Gasteiger charge is -2.02. The van der Waals surface area contributed by atoms with Gasteiger partial charge < -0.3 is 16.2 Å². The van der Waals surface area contributed by atoms with Crippen molar-refractivity contribution >= 4 is 6.03 Å². The number of halogens is 1. The van der Waals surface area contributed by atoms with E-state index in [0.717, 1.165) is 7.11 Å². The molecule has 1 rings (SSSR count). The van der Waals surface area contributed by atoms with E-state index in [1.165, 1.54) is 6.07 Å². The van der Waals surface area contributed by atoms with Crippen LogP contribution in [0.3, 0.4) is 0 Å². The second kappa shape index (κ2) is 6.85. The Hall–Kier alpha value is -1.62. The van der Waals surface area contributed by atoms with Gasteiger partial charge in [0.25, 0.3) is 0 Å². The summed E-state index contributed by atoms with van der Waals surface area (Å²) in [7, 11) is 1.00. The van der Waals surface area contributed by atoms with Crippen molar-refractivity contribution in [3.05, 3.63) is 35.6 Å². The minimum Gasteiger partial charge on any atom is -0.400 e. The molecule has 78 valence electrons. The monoisotopic (exact) mass is 200 g/mol. The number of benzene rings is 1. The molecular formula is C9H13FN2O2. The van der Waals surface area contributed by atoms with E-state index >= 15 is 0 Å². The Balaban J connectivity index is 0.000000791. The molecular weight excluding hydrogens is 187 g/mol. The van der Waals surface area contributed by atoms with E-state index in [1.807, 2.05) is 0 Å². The summed E-state index contributed by atoms with van der Waals surface area (Å²) < 4.78 is 12.8. The molecule has 5 heteroatoms. The van der Waals surface area contributed by atoms with Crippen molar-refractivity contribution in [2.45, 2.75) is 6.54 Å². The topological polar surface area (TPSA) is 75.3 Å². The highest BCUT2D eigenvalue weighted by Gasteiger charge is 1.99. The third-order valence-corrected chi connectivity index (χ3v) is 1.41. The van der Waals surface area contributed by atoms with E-state index in [2.05, 4.69) is 5.32 Å². The van der Waals surface area contributed by atoms with E-state index in [0.29, 0.717) is 5.56 Å². The van der Waals surface area contributed by atoms with Crippen LogP contribution in [0, 0.1) is 5.82 Å². The van der Waals surface area contributed by atoms with Crippen LogP contribution in [0.15, 0.2) is 24.3 Å². The molecule has 0 aliphatic carbocycles. The third kappa shape index (κ3) is 4.42. The summed E-state index contributed by atoms with van der Waals surface area (Å²) in [6.07, 6.45) is 0. The number of rotatable bonds is 2. The van der Waals surface area contributed by atoms with Crippen LogP contribution >= 0.6 is 0 Å². The highest BCUT2D eigenvalue weighted by atomic mass is 19.1. The average Bonchev–Trinajstić information content (AvgIpc) is 2.19. The van der Waals surface area contributed by atoms with Gasteiger partial charge in [-0.2, -0.15) is 0 Å². The quantitative estimate of drug-likeness (QED) is 0.654. The summed E-state index contributed by atoms with van der Waals surface area (Å²) in [5.74, 6) is -0.341. The largest absolute Gasteiger partial charge is 0.400 e. The number of hydrogen-bond acceptors (Lipinski definition) is 2. The van der Waals surface area contributed by atoms with Crippen molar-refractivity contribution < 1.29 is 14.3 Å². The smallest absolute Gasteiger partial charge is 0.312 e. The van der Waals surface area contributed by atoms with E-state index in [9.17, 15) is 9.18 Å². The van der Waals surface area contributed by atoms with Gasteiger partial charge in [0.2, 0.25) is 0 Å². The maximum Gasteiger partial charge on any atom is 0.312 e. The molecule has 0 unspecified atom stereocenters. The number of nitrogens with one attached hydrogen (secondary N) is 1. The van der Waals surface area contributed by atoms with Crippen molar-refractivity contribution in [3.8, 4) is 0 Å². The number of carbonyl (C=O) groups excluding carboxylic acids is 1. The number of urea groups is 1. The fourth-order valence-corrected chi connectivity index (χ4v) is 0.824. The zero-order chi connectivity index (χ0) is 11.0. The fraction of sp³-hybridized carbons (Fsp3) is 0.222. The van der Waals surface area contributed by atoms with Crippen molar-refractivity contribution in [1.82, 2.24) is 5.32 Å². The molecule has 0 fully saturated rings. The number of aliphatic hydroxyl groups excluding tert-OH is 1. The highest BCUT2D eigenvalue weighted by Crippen LogP contribution is 2.04. The summed E-state index contributed by atoms with van der Waals surface area (Å²) in [5, 5.41) is 9.30. The summed E-state index contributed by atoms with van der Waals surface area (Å²) in [6.45, 7) is 0.127. The maximum atomic E-state index is 12.8. The first kappa shape index (κ1) is 12.4. The lowest BCUT2D eigenvalue weighted by Crippen LogP contribution is -2.28. The van der Waals surface area contributed by atoms with Gasteiger partial charge in [0.05, 0.1) is 0 Å². The van der Waals surface area contributed by atoms with Crippen LogP contribution in [0.25, 0.3) is 0 Å². The van der Waals surface area contributed by atoms with Gasteiger partial charge in [-0.05, 0) is 6.07 Å². The molecule has 0 aliphatic heterocycles. The molecule has 14 heavy (non-hydrogen) atoms. The average molecular weight is 200 g/mol. The normalized spacial score (nSPS) is 8.50. The molecule has 0 heterocycles. The van der Waals surface area contributed by atoms with E-state index in [4.69, 9.17) is 10.8 Å². The zero-order valence-corrected chi connectivity index (χ0v) is 7.83. The summed E-state index contributed by atoms with van der Waals surface area (Å²) in [6, 6.07) is 5.55. The molecule has 0 saturated carbocycles. The molecule has 1 aromatic carbocycles. The Morgan fingerprint density at radius 1 is 1.50 bits per heavy atom. The summed E-state index contributed by atoms with van der Waals surface area (Å²) >= 11 is 0. The van der Waals surface area contributed by atoms with Crippen molar-refractivity contribution in [3.63, 3.8) is 0 Å². The van der Waals surface area contributed by atoms with Crippen molar-refractivity contribution in [2.24, 2.45) is 5.73 Å². The zero-order valence-electron chi connectivity index (χ0n) is 7.83. The third-order valence-electron chi connectivity index (χ3n) is 1.41. The van der Waals surface area contributed by atoms with Crippen LogP contribution in [0.4, 0.5) is 9.18 Å². The molecule has 4 N–H and O–H groups in total.